The molecule has 132 valence electrons. The third-order valence-corrected chi connectivity index (χ3v) is 4.56. The summed E-state index contributed by atoms with van der Waals surface area (Å²) < 4.78 is 5.52. The van der Waals surface area contributed by atoms with Gasteiger partial charge in [0.15, 0.2) is 0 Å². The van der Waals surface area contributed by atoms with Gasteiger partial charge in [-0.3, -0.25) is 0 Å². The van der Waals surface area contributed by atoms with Gasteiger partial charge in [0, 0.05) is 0 Å². The first kappa shape index (κ1) is 17.5. The van der Waals surface area contributed by atoms with E-state index in [-0.39, 0.29) is 0 Å². The summed E-state index contributed by atoms with van der Waals surface area (Å²) >= 11 is 0. The summed E-state index contributed by atoms with van der Waals surface area (Å²) in [5.41, 5.74) is 4.01. The van der Waals surface area contributed by atoms with E-state index in [4.69, 9.17) is 4.74 Å². The predicted molar refractivity (Wildman–Crippen MR) is 102 cm³/mol. The minimum Gasteiger partial charge on any atom is -0.494 e. The molecule has 4 heteroatoms. The molecule has 1 heterocycles. The fourth-order valence-corrected chi connectivity index (χ4v) is 3.12. The molecule has 0 aliphatic carbocycles. The summed E-state index contributed by atoms with van der Waals surface area (Å²) in [5, 5.41) is 9.18. The van der Waals surface area contributed by atoms with Crippen LogP contribution in [0.15, 0.2) is 42.5 Å². The van der Waals surface area contributed by atoms with Gasteiger partial charge in [-0.25, -0.2) is 0 Å². The number of rotatable bonds is 9. The van der Waals surface area contributed by atoms with Gasteiger partial charge in [0.05, 0.1) is 7.11 Å². The van der Waals surface area contributed by atoms with Crippen molar-refractivity contribution >= 4 is 11.0 Å². The number of methoxy groups -OCH3 is 1. The van der Waals surface area contributed by atoms with Crippen LogP contribution in [0.25, 0.3) is 16.7 Å². The third kappa shape index (κ3) is 4.38. The Balaban J connectivity index is 1.74. The number of hydrogen-bond acceptors (Lipinski definition) is 3. The van der Waals surface area contributed by atoms with E-state index in [0.29, 0.717) is 0 Å². The number of unbranched alkanes of at least 4 members (excludes halogenated alkanes) is 5. The lowest BCUT2D eigenvalue weighted by Gasteiger charge is -2.10. The van der Waals surface area contributed by atoms with Crippen molar-refractivity contribution in [1.82, 2.24) is 15.0 Å². The van der Waals surface area contributed by atoms with Crippen LogP contribution in [0.5, 0.6) is 5.75 Å². The quantitative estimate of drug-likeness (QED) is 0.495. The van der Waals surface area contributed by atoms with E-state index in [1.165, 1.54) is 44.1 Å². The number of benzene rings is 2. The van der Waals surface area contributed by atoms with Gasteiger partial charge in [-0.2, -0.15) is 0 Å². The SMILES string of the molecule is CCCCCCCCc1ccc(OC)c(-n2nc3ccccc3n2)c1. The summed E-state index contributed by atoms with van der Waals surface area (Å²) in [5.74, 6) is 0.798. The molecule has 0 N–H and O–H groups in total. The molecule has 1 aromatic heterocycles. The molecule has 3 aromatic rings. The zero-order valence-corrected chi connectivity index (χ0v) is 15.2. The normalized spacial score (nSPS) is 11.1. The van der Waals surface area contributed by atoms with Crippen molar-refractivity contribution in [2.24, 2.45) is 0 Å². The summed E-state index contributed by atoms with van der Waals surface area (Å²) in [4.78, 5) is 1.69. The summed E-state index contributed by atoms with van der Waals surface area (Å²) in [6.45, 7) is 2.26. The summed E-state index contributed by atoms with van der Waals surface area (Å²) in [6.07, 6.45) is 8.95. The molecule has 0 saturated carbocycles. The molecule has 0 atom stereocenters. The van der Waals surface area contributed by atoms with Crippen LogP contribution in [-0.2, 0) is 6.42 Å². The number of ether oxygens (including phenoxy) is 1. The van der Waals surface area contributed by atoms with Gasteiger partial charge in [0.1, 0.15) is 22.5 Å². The molecule has 0 spiro atoms. The Kier molecular flexibility index (Phi) is 6.04. The van der Waals surface area contributed by atoms with E-state index in [1.54, 1.807) is 11.9 Å². The lowest BCUT2D eigenvalue weighted by molar-refractivity contribution is 0.410. The van der Waals surface area contributed by atoms with Crippen molar-refractivity contribution in [3.8, 4) is 11.4 Å². The minimum atomic E-state index is 0.798. The van der Waals surface area contributed by atoms with Crippen molar-refractivity contribution in [2.45, 2.75) is 51.9 Å². The second kappa shape index (κ2) is 8.65. The topological polar surface area (TPSA) is 39.9 Å². The lowest BCUT2D eigenvalue weighted by atomic mass is 10.0. The molecule has 0 fully saturated rings. The molecule has 0 unspecified atom stereocenters. The number of nitrogens with zero attached hydrogens (tertiary/aromatic N) is 3. The molecule has 25 heavy (non-hydrogen) atoms. The average Bonchev–Trinajstić information content (AvgIpc) is 3.08. The van der Waals surface area contributed by atoms with Crippen LogP contribution in [0, 0.1) is 0 Å². The lowest BCUT2D eigenvalue weighted by Crippen LogP contribution is -2.03. The predicted octanol–water partition coefficient (Wildman–Crippen LogP) is 5.33. The van der Waals surface area contributed by atoms with Gasteiger partial charge in [-0.1, -0.05) is 57.2 Å². The van der Waals surface area contributed by atoms with Crippen molar-refractivity contribution in [3.63, 3.8) is 0 Å². The molecule has 0 aliphatic rings. The molecule has 4 nitrogen and oxygen atoms in total. The van der Waals surface area contributed by atoms with Gasteiger partial charge in [0.25, 0.3) is 0 Å². The Labute approximate surface area is 149 Å². The molecule has 2 aromatic carbocycles. The van der Waals surface area contributed by atoms with Crippen LogP contribution in [-0.4, -0.2) is 22.1 Å². The molecular formula is C21H27N3O. The van der Waals surface area contributed by atoms with Crippen LogP contribution in [0.1, 0.15) is 51.0 Å². The van der Waals surface area contributed by atoms with E-state index in [2.05, 4.69) is 29.3 Å². The standard InChI is InChI=1S/C21H27N3O/c1-3-4-5-6-7-8-11-17-14-15-21(25-2)20(16-17)24-22-18-12-9-10-13-19(18)23-24/h9-10,12-16H,3-8,11H2,1-2H3. The van der Waals surface area contributed by atoms with E-state index in [9.17, 15) is 0 Å². The van der Waals surface area contributed by atoms with Gasteiger partial charge in [-0.15, -0.1) is 15.0 Å². The second-order valence-electron chi connectivity index (χ2n) is 6.50. The zero-order chi connectivity index (χ0) is 17.5. The number of aromatic nitrogens is 3. The highest BCUT2D eigenvalue weighted by Crippen LogP contribution is 2.25. The molecular weight excluding hydrogens is 310 g/mol. The number of fused-ring (bicyclic) bond motifs is 1. The van der Waals surface area contributed by atoms with Crippen LogP contribution >= 0.6 is 0 Å². The second-order valence-corrected chi connectivity index (χ2v) is 6.50. The van der Waals surface area contributed by atoms with Crippen molar-refractivity contribution in [1.29, 1.82) is 0 Å². The highest BCUT2D eigenvalue weighted by Gasteiger charge is 2.10. The van der Waals surface area contributed by atoms with Crippen molar-refractivity contribution < 1.29 is 4.74 Å². The fourth-order valence-electron chi connectivity index (χ4n) is 3.12. The monoisotopic (exact) mass is 337 g/mol. The Morgan fingerprint density at radius 2 is 1.56 bits per heavy atom. The Hall–Kier alpha value is -2.36. The van der Waals surface area contributed by atoms with Crippen LogP contribution in [0.3, 0.4) is 0 Å². The first-order chi connectivity index (χ1) is 12.3. The first-order valence-electron chi connectivity index (χ1n) is 9.31. The highest BCUT2D eigenvalue weighted by molar-refractivity contribution is 5.73. The van der Waals surface area contributed by atoms with E-state index < -0.39 is 0 Å². The number of aryl methyl sites for hydroxylation is 1. The molecule has 0 aliphatic heterocycles. The van der Waals surface area contributed by atoms with Gasteiger partial charge >= 0.3 is 0 Å². The van der Waals surface area contributed by atoms with E-state index in [1.807, 2.05) is 30.3 Å². The highest BCUT2D eigenvalue weighted by atomic mass is 16.5. The Bertz CT molecular complexity index is 777. The zero-order valence-electron chi connectivity index (χ0n) is 15.2. The van der Waals surface area contributed by atoms with Crippen molar-refractivity contribution in [2.75, 3.05) is 7.11 Å². The Morgan fingerprint density at radius 3 is 2.24 bits per heavy atom. The van der Waals surface area contributed by atoms with E-state index >= 15 is 0 Å². The average molecular weight is 337 g/mol. The number of hydrogen-bond donors (Lipinski definition) is 0. The van der Waals surface area contributed by atoms with Crippen LogP contribution in [0.4, 0.5) is 0 Å². The molecule has 0 saturated heterocycles. The van der Waals surface area contributed by atoms with Gasteiger partial charge in [-0.05, 0) is 42.7 Å². The molecule has 3 rings (SSSR count). The minimum absolute atomic E-state index is 0.798. The van der Waals surface area contributed by atoms with Crippen LogP contribution in [0.2, 0.25) is 0 Å². The molecule has 0 amide bonds. The maximum atomic E-state index is 5.52. The largest absolute Gasteiger partial charge is 0.494 e. The fraction of sp³-hybridized carbons (Fsp3) is 0.429. The third-order valence-electron chi connectivity index (χ3n) is 4.56. The summed E-state index contributed by atoms with van der Waals surface area (Å²) in [6, 6.07) is 14.2. The smallest absolute Gasteiger partial charge is 0.146 e. The summed E-state index contributed by atoms with van der Waals surface area (Å²) in [7, 11) is 1.69. The first-order valence-corrected chi connectivity index (χ1v) is 9.31. The Morgan fingerprint density at radius 1 is 0.880 bits per heavy atom. The van der Waals surface area contributed by atoms with Gasteiger partial charge < -0.3 is 4.74 Å². The maximum absolute atomic E-state index is 5.52. The molecule has 0 radical (unpaired) electrons. The maximum Gasteiger partial charge on any atom is 0.146 e. The van der Waals surface area contributed by atoms with Crippen molar-refractivity contribution in [3.05, 3.63) is 48.0 Å². The van der Waals surface area contributed by atoms with Crippen LogP contribution < -0.4 is 4.74 Å². The molecule has 0 bridgehead atoms. The van der Waals surface area contributed by atoms with Gasteiger partial charge in [0.2, 0.25) is 0 Å². The van der Waals surface area contributed by atoms with E-state index in [0.717, 1.165) is 28.9 Å².